The number of hydrogen-bond acceptors (Lipinski definition) is 4. The van der Waals surface area contributed by atoms with Gasteiger partial charge in [0.1, 0.15) is 5.69 Å². The zero-order valence-electron chi connectivity index (χ0n) is 13.4. The highest BCUT2D eigenvalue weighted by Crippen LogP contribution is 2.16. The molecule has 5 heteroatoms. The number of Topliss-reactive ketones (excluding diaryl/α,β-unsaturated/α-hetero) is 1. The van der Waals surface area contributed by atoms with Gasteiger partial charge >= 0.3 is 0 Å². The quantitative estimate of drug-likeness (QED) is 0.606. The number of ketones is 1. The molecule has 0 unspecified atom stereocenters. The molecule has 1 amide bonds. The van der Waals surface area contributed by atoms with Gasteiger partial charge in [-0.1, -0.05) is 13.3 Å². The molecule has 0 fully saturated rings. The Morgan fingerprint density at radius 2 is 1.74 bits per heavy atom. The van der Waals surface area contributed by atoms with E-state index in [2.05, 4.69) is 22.5 Å². The maximum absolute atomic E-state index is 11.9. The number of rotatable bonds is 7. The number of carbonyl (C=O) groups is 2. The first-order valence-electron chi connectivity index (χ1n) is 7.72. The number of amides is 1. The Bertz CT molecular complexity index is 664. The van der Waals surface area contributed by atoms with Gasteiger partial charge in [0.2, 0.25) is 0 Å². The predicted octanol–water partition coefficient (Wildman–Crippen LogP) is 3.56. The van der Waals surface area contributed by atoms with Crippen molar-refractivity contribution in [3.05, 3.63) is 53.9 Å². The fourth-order valence-electron chi connectivity index (χ4n) is 2.03. The summed E-state index contributed by atoms with van der Waals surface area (Å²) >= 11 is 0. The van der Waals surface area contributed by atoms with Crippen LogP contribution >= 0.6 is 0 Å². The zero-order chi connectivity index (χ0) is 16.7. The van der Waals surface area contributed by atoms with Crippen LogP contribution in [0.5, 0.6) is 0 Å². The largest absolute Gasteiger partial charge is 0.354 e. The molecular formula is C18H21N3O2. The van der Waals surface area contributed by atoms with E-state index in [4.69, 9.17) is 0 Å². The Hall–Kier alpha value is -2.69. The van der Waals surface area contributed by atoms with Crippen LogP contribution in [0.2, 0.25) is 0 Å². The average molecular weight is 311 g/mol. The number of nitrogens with zero attached hydrogens (tertiary/aromatic N) is 1. The van der Waals surface area contributed by atoms with Gasteiger partial charge in [0.25, 0.3) is 5.91 Å². The van der Waals surface area contributed by atoms with E-state index in [1.54, 1.807) is 30.5 Å². The second-order valence-electron chi connectivity index (χ2n) is 5.30. The molecule has 0 atom stereocenters. The van der Waals surface area contributed by atoms with E-state index in [0.29, 0.717) is 17.8 Å². The standard InChI is InChI=1S/C18H21N3O2/c1-3-4-11-19-18(23)17-10-9-16(12-20-17)21-15-7-5-14(6-8-15)13(2)22/h5-10,12,21H,3-4,11H2,1-2H3,(H,19,23). The number of benzene rings is 1. The lowest BCUT2D eigenvalue weighted by Crippen LogP contribution is -2.25. The van der Waals surface area contributed by atoms with Crippen molar-refractivity contribution in [2.24, 2.45) is 0 Å². The topological polar surface area (TPSA) is 71.1 Å². The van der Waals surface area contributed by atoms with Crippen molar-refractivity contribution in [3.8, 4) is 0 Å². The van der Waals surface area contributed by atoms with Gasteiger partial charge in [0.15, 0.2) is 5.78 Å². The lowest BCUT2D eigenvalue weighted by Gasteiger charge is -2.08. The molecule has 23 heavy (non-hydrogen) atoms. The molecule has 120 valence electrons. The maximum atomic E-state index is 11.9. The molecule has 0 saturated carbocycles. The molecule has 0 bridgehead atoms. The van der Waals surface area contributed by atoms with Crippen LogP contribution in [0.3, 0.4) is 0 Å². The highest BCUT2D eigenvalue weighted by atomic mass is 16.1. The summed E-state index contributed by atoms with van der Waals surface area (Å²) in [5, 5.41) is 6.02. The molecule has 0 aliphatic rings. The minimum absolute atomic E-state index is 0.0386. The molecule has 0 aliphatic heterocycles. The summed E-state index contributed by atoms with van der Waals surface area (Å²) in [5.41, 5.74) is 2.72. The Kier molecular flexibility index (Phi) is 5.86. The van der Waals surface area contributed by atoms with Crippen LogP contribution in [0.15, 0.2) is 42.6 Å². The van der Waals surface area contributed by atoms with Gasteiger partial charge in [-0.25, -0.2) is 4.98 Å². The number of aromatic nitrogens is 1. The van der Waals surface area contributed by atoms with Crippen LogP contribution in [0.4, 0.5) is 11.4 Å². The van der Waals surface area contributed by atoms with Crippen LogP contribution in [0.25, 0.3) is 0 Å². The van der Waals surface area contributed by atoms with Crippen molar-refractivity contribution < 1.29 is 9.59 Å². The Balaban J connectivity index is 1.96. The van der Waals surface area contributed by atoms with Gasteiger partial charge in [0.05, 0.1) is 11.9 Å². The SMILES string of the molecule is CCCCNC(=O)c1ccc(Nc2ccc(C(C)=O)cc2)cn1. The van der Waals surface area contributed by atoms with E-state index in [0.717, 1.165) is 24.2 Å². The van der Waals surface area contributed by atoms with Gasteiger partial charge in [-0.15, -0.1) is 0 Å². The normalized spacial score (nSPS) is 10.2. The van der Waals surface area contributed by atoms with Gasteiger partial charge < -0.3 is 10.6 Å². The third kappa shape index (κ3) is 4.92. The fraction of sp³-hybridized carbons (Fsp3) is 0.278. The number of hydrogen-bond donors (Lipinski definition) is 2. The molecule has 0 radical (unpaired) electrons. The number of anilines is 2. The van der Waals surface area contributed by atoms with Crippen molar-refractivity contribution in [1.29, 1.82) is 0 Å². The second kappa shape index (κ2) is 8.08. The summed E-state index contributed by atoms with van der Waals surface area (Å²) in [4.78, 5) is 27.3. The van der Waals surface area contributed by atoms with Crippen molar-refractivity contribution in [2.75, 3.05) is 11.9 Å². The molecule has 1 aromatic heterocycles. The minimum Gasteiger partial charge on any atom is -0.354 e. The van der Waals surface area contributed by atoms with Crippen molar-refractivity contribution >= 4 is 23.1 Å². The number of pyridine rings is 1. The van der Waals surface area contributed by atoms with Crippen molar-refractivity contribution in [3.63, 3.8) is 0 Å². The second-order valence-corrected chi connectivity index (χ2v) is 5.30. The number of nitrogens with one attached hydrogen (secondary N) is 2. The van der Waals surface area contributed by atoms with Crippen LogP contribution in [-0.2, 0) is 0 Å². The molecule has 0 saturated heterocycles. The summed E-state index contributed by atoms with van der Waals surface area (Å²) in [5.74, 6) is -0.118. The van der Waals surface area contributed by atoms with E-state index in [1.165, 1.54) is 6.92 Å². The molecule has 2 rings (SSSR count). The molecule has 2 N–H and O–H groups in total. The number of unbranched alkanes of at least 4 members (excludes halogenated alkanes) is 1. The Labute approximate surface area is 136 Å². The molecule has 0 aliphatic carbocycles. The van der Waals surface area contributed by atoms with Crippen LogP contribution in [0, 0.1) is 0 Å². The van der Waals surface area contributed by atoms with Crippen LogP contribution in [-0.4, -0.2) is 23.2 Å². The lowest BCUT2D eigenvalue weighted by atomic mass is 10.1. The van der Waals surface area contributed by atoms with Crippen LogP contribution in [0.1, 0.15) is 47.5 Å². The first kappa shape index (κ1) is 16.7. The summed E-state index contributed by atoms with van der Waals surface area (Å²) in [6.45, 7) is 4.28. The molecular weight excluding hydrogens is 290 g/mol. The third-order valence-corrected chi connectivity index (χ3v) is 3.39. The van der Waals surface area contributed by atoms with Gasteiger partial charge in [0, 0.05) is 17.8 Å². The highest BCUT2D eigenvalue weighted by Gasteiger charge is 2.06. The molecule has 5 nitrogen and oxygen atoms in total. The highest BCUT2D eigenvalue weighted by molar-refractivity contribution is 5.94. The van der Waals surface area contributed by atoms with Gasteiger partial charge in [-0.3, -0.25) is 9.59 Å². The zero-order valence-corrected chi connectivity index (χ0v) is 13.4. The van der Waals surface area contributed by atoms with Crippen LogP contribution < -0.4 is 10.6 Å². The average Bonchev–Trinajstić information content (AvgIpc) is 2.56. The summed E-state index contributed by atoms with van der Waals surface area (Å²) < 4.78 is 0. The first-order valence-corrected chi connectivity index (χ1v) is 7.72. The minimum atomic E-state index is -0.157. The Morgan fingerprint density at radius 3 is 2.30 bits per heavy atom. The number of carbonyl (C=O) groups excluding carboxylic acids is 2. The van der Waals surface area contributed by atoms with E-state index in [-0.39, 0.29) is 11.7 Å². The molecule has 0 spiro atoms. The molecule has 1 aromatic carbocycles. The first-order chi connectivity index (χ1) is 11.1. The predicted molar refractivity (Wildman–Crippen MR) is 91.2 cm³/mol. The maximum Gasteiger partial charge on any atom is 0.269 e. The molecule has 2 aromatic rings. The van der Waals surface area contributed by atoms with Crippen molar-refractivity contribution in [2.45, 2.75) is 26.7 Å². The van der Waals surface area contributed by atoms with E-state index in [9.17, 15) is 9.59 Å². The molecule has 1 heterocycles. The Morgan fingerprint density at radius 1 is 1.04 bits per heavy atom. The monoisotopic (exact) mass is 311 g/mol. The smallest absolute Gasteiger partial charge is 0.269 e. The summed E-state index contributed by atoms with van der Waals surface area (Å²) in [6, 6.07) is 10.7. The van der Waals surface area contributed by atoms with E-state index < -0.39 is 0 Å². The van der Waals surface area contributed by atoms with E-state index in [1.807, 2.05) is 12.1 Å². The summed E-state index contributed by atoms with van der Waals surface area (Å²) in [7, 11) is 0. The van der Waals surface area contributed by atoms with Gasteiger partial charge in [-0.05, 0) is 49.7 Å². The fourth-order valence-corrected chi connectivity index (χ4v) is 2.03. The summed E-state index contributed by atoms with van der Waals surface area (Å²) in [6.07, 6.45) is 3.62. The van der Waals surface area contributed by atoms with Crippen molar-refractivity contribution in [1.82, 2.24) is 10.3 Å². The van der Waals surface area contributed by atoms with E-state index >= 15 is 0 Å². The van der Waals surface area contributed by atoms with Gasteiger partial charge in [-0.2, -0.15) is 0 Å². The third-order valence-electron chi connectivity index (χ3n) is 3.39. The lowest BCUT2D eigenvalue weighted by molar-refractivity contribution is 0.0947.